The summed E-state index contributed by atoms with van der Waals surface area (Å²) < 4.78 is 19.5. The van der Waals surface area contributed by atoms with Crippen LogP contribution in [0.1, 0.15) is 32.6 Å². The summed E-state index contributed by atoms with van der Waals surface area (Å²) in [6, 6.07) is 4.90. The van der Waals surface area contributed by atoms with Gasteiger partial charge in [0.15, 0.2) is 0 Å². The van der Waals surface area contributed by atoms with Crippen LogP contribution in [0, 0.1) is 11.7 Å². The molecule has 2 aliphatic rings. The van der Waals surface area contributed by atoms with Gasteiger partial charge in [0.2, 0.25) is 5.91 Å². The van der Waals surface area contributed by atoms with E-state index in [9.17, 15) is 14.0 Å². The zero-order valence-corrected chi connectivity index (χ0v) is 14.0. The van der Waals surface area contributed by atoms with Crippen LogP contribution in [0.15, 0.2) is 18.2 Å². The molecule has 2 fully saturated rings. The van der Waals surface area contributed by atoms with E-state index in [2.05, 4.69) is 4.90 Å². The van der Waals surface area contributed by atoms with Gasteiger partial charge < -0.3 is 14.5 Å². The molecule has 0 N–H and O–H groups in total. The number of carbonyl (C=O) groups excluding carboxylic acids is 2. The third-order valence-corrected chi connectivity index (χ3v) is 4.68. The highest BCUT2D eigenvalue weighted by molar-refractivity contribution is 5.99. The van der Waals surface area contributed by atoms with Gasteiger partial charge in [0.25, 0.3) is 0 Å². The maximum atomic E-state index is 14.5. The van der Waals surface area contributed by atoms with Gasteiger partial charge in [0, 0.05) is 31.7 Å². The van der Waals surface area contributed by atoms with Gasteiger partial charge in [-0.15, -0.1) is 0 Å². The minimum absolute atomic E-state index is 0.119. The highest BCUT2D eigenvalue weighted by Crippen LogP contribution is 2.31. The van der Waals surface area contributed by atoms with Crippen molar-refractivity contribution >= 4 is 23.3 Å². The van der Waals surface area contributed by atoms with Crippen molar-refractivity contribution in [2.75, 3.05) is 36.0 Å². The molecule has 24 heavy (non-hydrogen) atoms. The SMILES string of the molecule is CCOC(=O)[C@@H]1CC(=O)N(c2ccc(N3CCCCC3)c(F)c2)C1. The van der Waals surface area contributed by atoms with Crippen LogP contribution in [-0.4, -0.2) is 38.1 Å². The Balaban J connectivity index is 1.74. The maximum absolute atomic E-state index is 14.5. The van der Waals surface area contributed by atoms with Crippen LogP contribution in [0.4, 0.5) is 15.8 Å². The zero-order valence-electron chi connectivity index (χ0n) is 14.0. The number of rotatable bonds is 4. The molecule has 130 valence electrons. The van der Waals surface area contributed by atoms with Gasteiger partial charge >= 0.3 is 5.97 Å². The summed E-state index contributed by atoms with van der Waals surface area (Å²) in [7, 11) is 0. The fraction of sp³-hybridized carbons (Fsp3) is 0.556. The molecule has 0 bridgehead atoms. The number of benzene rings is 1. The molecule has 0 saturated carbocycles. The quantitative estimate of drug-likeness (QED) is 0.795. The van der Waals surface area contributed by atoms with Crippen LogP contribution in [-0.2, 0) is 14.3 Å². The van der Waals surface area contributed by atoms with E-state index < -0.39 is 5.92 Å². The Bertz CT molecular complexity index is 629. The van der Waals surface area contributed by atoms with E-state index in [1.54, 1.807) is 19.1 Å². The first-order valence-corrected chi connectivity index (χ1v) is 8.61. The molecule has 2 aliphatic heterocycles. The number of hydrogen-bond donors (Lipinski definition) is 0. The molecule has 1 amide bonds. The summed E-state index contributed by atoms with van der Waals surface area (Å²) in [6.07, 6.45) is 3.46. The van der Waals surface area contributed by atoms with Crippen LogP contribution in [0.5, 0.6) is 0 Å². The molecule has 3 rings (SSSR count). The molecule has 1 aromatic carbocycles. The summed E-state index contributed by atoms with van der Waals surface area (Å²) in [5.74, 6) is -1.32. The molecule has 0 aliphatic carbocycles. The Hall–Kier alpha value is -2.11. The molecule has 0 aromatic heterocycles. The number of nitrogens with zero attached hydrogens (tertiary/aromatic N) is 2. The van der Waals surface area contributed by atoms with Crippen molar-refractivity contribution in [2.24, 2.45) is 5.92 Å². The Morgan fingerprint density at radius 1 is 1.29 bits per heavy atom. The first kappa shape index (κ1) is 16.7. The lowest BCUT2D eigenvalue weighted by Crippen LogP contribution is -2.30. The van der Waals surface area contributed by atoms with E-state index in [1.165, 1.54) is 17.4 Å². The number of esters is 1. The zero-order chi connectivity index (χ0) is 17.1. The minimum atomic E-state index is -0.470. The Labute approximate surface area is 141 Å². The normalized spacial score (nSPS) is 21.2. The number of carbonyl (C=O) groups is 2. The van der Waals surface area contributed by atoms with Crippen LogP contribution < -0.4 is 9.80 Å². The molecule has 2 heterocycles. The van der Waals surface area contributed by atoms with Gasteiger partial charge in [-0.3, -0.25) is 9.59 Å². The van der Waals surface area contributed by atoms with Gasteiger partial charge in [-0.05, 0) is 44.4 Å². The minimum Gasteiger partial charge on any atom is -0.466 e. The number of halogens is 1. The van der Waals surface area contributed by atoms with Crippen LogP contribution in [0.3, 0.4) is 0 Å². The molecule has 1 atom stereocenters. The van der Waals surface area contributed by atoms with E-state index >= 15 is 0 Å². The highest BCUT2D eigenvalue weighted by atomic mass is 19.1. The molecule has 0 unspecified atom stereocenters. The first-order valence-electron chi connectivity index (χ1n) is 8.61. The lowest BCUT2D eigenvalue weighted by molar-refractivity contribution is -0.147. The fourth-order valence-corrected chi connectivity index (χ4v) is 3.43. The second-order valence-corrected chi connectivity index (χ2v) is 6.34. The Kier molecular flexibility index (Phi) is 5.02. The molecule has 1 aromatic rings. The van der Waals surface area contributed by atoms with E-state index in [1.807, 2.05) is 0 Å². The summed E-state index contributed by atoms with van der Waals surface area (Å²) in [4.78, 5) is 27.5. The van der Waals surface area contributed by atoms with Crippen molar-refractivity contribution in [2.45, 2.75) is 32.6 Å². The monoisotopic (exact) mass is 334 g/mol. The second-order valence-electron chi connectivity index (χ2n) is 6.34. The predicted octanol–water partition coefficient (Wildman–Crippen LogP) is 2.73. The number of hydrogen-bond acceptors (Lipinski definition) is 4. The van der Waals surface area contributed by atoms with Crippen LogP contribution in [0.25, 0.3) is 0 Å². The molecule has 6 heteroatoms. The standard InChI is InChI=1S/C18H23FN2O3/c1-2-24-18(23)13-10-17(22)21(12-13)14-6-7-16(15(19)11-14)20-8-4-3-5-9-20/h6-7,11,13H,2-5,8-10,12H2,1H3/t13-/m1/s1. The van der Waals surface area contributed by atoms with Crippen LogP contribution in [0.2, 0.25) is 0 Å². The van der Waals surface area contributed by atoms with E-state index in [0.29, 0.717) is 18.0 Å². The van der Waals surface area contributed by atoms with Crippen molar-refractivity contribution in [1.82, 2.24) is 0 Å². The second kappa shape index (κ2) is 7.20. The lowest BCUT2D eigenvalue weighted by atomic mass is 10.1. The third kappa shape index (κ3) is 3.37. The first-order chi connectivity index (χ1) is 11.6. The largest absolute Gasteiger partial charge is 0.466 e. The average molecular weight is 334 g/mol. The summed E-state index contributed by atoms with van der Waals surface area (Å²) in [5.41, 5.74) is 1.09. The van der Waals surface area contributed by atoms with Crippen molar-refractivity contribution in [3.63, 3.8) is 0 Å². The van der Waals surface area contributed by atoms with Crippen LogP contribution >= 0.6 is 0 Å². The van der Waals surface area contributed by atoms with E-state index in [-0.39, 0.29) is 30.7 Å². The molecule has 0 radical (unpaired) electrons. The molecular formula is C18H23FN2O3. The summed E-state index contributed by atoms with van der Waals surface area (Å²) in [5, 5.41) is 0. The van der Waals surface area contributed by atoms with E-state index in [0.717, 1.165) is 25.9 Å². The Morgan fingerprint density at radius 2 is 2.04 bits per heavy atom. The van der Waals surface area contributed by atoms with Crippen molar-refractivity contribution < 1.29 is 18.7 Å². The number of ether oxygens (including phenoxy) is 1. The number of amides is 1. The number of piperidine rings is 1. The summed E-state index contributed by atoms with van der Waals surface area (Å²) >= 11 is 0. The van der Waals surface area contributed by atoms with Crippen molar-refractivity contribution in [1.29, 1.82) is 0 Å². The van der Waals surface area contributed by atoms with Crippen molar-refractivity contribution in [3.05, 3.63) is 24.0 Å². The fourth-order valence-electron chi connectivity index (χ4n) is 3.43. The number of anilines is 2. The van der Waals surface area contributed by atoms with Gasteiger partial charge in [-0.1, -0.05) is 0 Å². The van der Waals surface area contributed by atoms with Gasteiger partial charge in [0.05, 0.1) is 18.2 Å². The van der Waals surface area contributed by atoms with Crippen molar-refractivity contribution in [3.8, 4) is 0 Å². The van der Waals surface area contributed by atoms with Gasteiger partial charge in [0.1, 0.15) is 5.82 Å². The topological polar surface area (TPSA) is 49.9 Å². The van der Waals surface area contributed by atoms with Gasteiger partial charge in [-0.2, -0.15) is 0 Å². The molecule has 5 nitrogen and oxygen atoms in total. The average Bonchev–Trinajstić information content (AvgIpc) is 2.98. The van der Waals surface area contributed by atoms with Gasteiger partial charge in [-0.25, -0.2) is 4.39 Å². The third-order valence-electron chi connectivity index (χ3n) is 4.68. The summed E-state index contributed by atoms with van der Waals surface area (Å²) in [6.45, 7) is 4.01. The van der Waals surface area contributed by atoms with E-state index in [4.69, 9.17) is 4.74 Å². The molecule has 0 spiro atoms. The maximum Gasteiger partial charge on any atom is 0.311 e. The molecule has 2 saturated heterocycles. The molecular weight excluding hydrogens is 311 g/mol. The smallest absolute Gasteiger partial charge is 0.311 e. The lowest BCUT2D eigenvalue weighted by Gasteiger charge is -2.29. The predicted molar refractivity (Wildman–Crippen MR) is 89.6 cm³/mol. The Morgan fingerprint density at radius 3 is 2.71 bits per heavy atom. The highest BCUT2D eigenvalue weighted by Gasteiger charge is 2.36.